The summed E-state index contributed by atoms with van der Waals surface area (Å²) < 4.78 is 11.4. The zero-order valence-electron chi connectivity index (χ0n) is 12.2. The van der Waals surface area contributed by atoms with Gasteiger partial charge in [0.25, 0.3) is 0 Å². The van der Waals surface area contributed by atoms with Crippen LogP contribution in [-0.4, -0.2) is 37.5 Å². The second-order valence-electron chi connectivity index (χ2n) is 6.25. The lowest BCUT2D eigenvalue weighted by Crippen LogP contribution is -2.49. The zero-order valence-corrected chi connectivity index (χ0v) is 12.2. The highest BCUT2D eigenvalue weighted by Gasteiger charge is 2.33. The Bertz CT molecular complexity index is 253. The first-order valence-electron chi connectivity index (χ1n) is 7.61. The summed E-state index contributed by atoms with van der Waals surface area (Å²) in [5, 5.41) is 3.84. The van der Waals surface area contributed by atoms with Crippen molar-refractivity contribution in [3.05, 3.63) is 0 Å². The van der Waals surface area contributed by atoms with Crippen molar-refractivity contribution in [3.8, 4) is 0 Å². The van der Waals surface area contributed by atoms with Crippen LogP contribution in [0.5, 0.6) is 0 Å². The van der Waals surface area contributed by atoms with Crippen LogP contribution in [0.1, 0.15) is 52.9 Å². The van der Waals surface area contributed by atoms with E-state index in [-0.39, 0.29) is 5.60 Å². The van der Waals surface area contributed by atoms with E-state index in [2.05, 4.69) is 26.1 Å². The number of hydrogen-bond acceptors (Lipinski definition) is 3. The Balaban J connectivity index is 1.81. The minimum atomic E-state index is 0.0886. The first-order chi connectivity index (χ1) is 8.63. The number of rotatable bonds is 4. The van der Waals surface area contributed by atoms with E-state index < -0.39 is 0 Å². The fourth-order valence-electron chi connectivity index (χ4n) is 3.24. The summed E-state index contributed by atoms with van der Waals surface area (Å²) in [4.78, 5) is 0. The van der Waals surface area contributed by atoms with Gasteiger partial charge >= 0.3 is 0 Å². The molecule has 0 aromatic rings. The SMILES string of the molecule is CCC1(C)CC(NC(C)C2CCOCC2)CCO1. The highest BCUT2D eigenvalue weighted by Crippen LogP contribution is 2.29. The van der Waals surface area contributed by atoms with Gasteiger partial charge in [-0.05, 0) is 51.9 Å². The standard InChI is InChI=1S/C15H29NO2/c1-4-15(3)11-14(7-10-18-15)16-12(2)13-5-8-17-9-6-13/h12-14,16H,4-11H2,1-3H3. The molecule has 2 aliphatic heterocycles. The Morgan fingerprint density at radius 3 is 2.61 bits per heavy atom. The van der Waals surface area contributed by atoms with Crippen molar-refractivity contribution in [1.29, 1.82) is 0 Å². The molecule has 3 atom stereocenters. The minimum Gasteiger partial charge on any atom is -0.381 e. The first kappa shape index (κ1) is 14.3. The quantitative estimate of drug-likeness (QED) is 0.838. The van der Waals surface area contributed by atoms with E-state index in [1.165, 1.54) is 12.8 Å². The van der Waals surface area contributed by atoms with Gasteiger partial charge in [0.1, 0.15) is 0 Å². The van der Waals surface area contributed by atoms with E-state index in [1.807, 2.05) is 0 Å². The van der Waals surface area contributed by atoms with Gasteiger partial charge in [0.15, 0.2) is 0 Å². The van der Waals surface area contributed by atoms with Gasteiger partial charge in [0, 0.05) is 31.9 Å². The summed E-state index contributed by atoms with van der Waals surface area (Å²) in [7, 11) is 0. The normalized spacial score (nSPS) is 36.5. The zero-order chi connectivity index (χ0) is 13.0. The predicted molar refractivity (Wildman–Crippen MR) is 73.8 cm³/mol. The van der Waals surface area contributed by atoms with Crippen LogP contribution < -0.4 is 5.32 Å². The highest BCUT2D eigenvalue weighted by atomic mass is 16.5. The average molecular weight is 255 g/mol. The third-order valence-corrected chi connectivity index (χ3v) is 4.81. The molecule has 0 amide bonds. The van der Waals surface area contributed by atoms with E-state index in [0.717, 1.165) is 45.0 Å². The maximum Gasteiger partial charge on any atom is 0.0666 e. The van der Waals surface area contributed by atoms with Crippen LogP contribution in [0, 0.1) is 5.92 Å². The van der Waals surface area contributed by atoms with Crippen LogP contribution in [0.15, 0.2) is 0 Å². The molecule has 0 radical (unpaired) electrons. The lowest BCUT2D eigenvalue weighted by molar-refractivity contribution is -0.0802. The molecular weight excluding hydrogens is 226 g/mol. The minimum absolute atomic E-state index is 0.0886. The number of nitrogens with one attached hydrogen (secondary N) is 1. The number of hydrogen-bond donors (Lipinski definition) is 1. The van der Waals surface area contributed by atoms with Crippen LogP contribution in [-0.2, 0) is 9.47 Å². The van der Waals surface area contributed by atoms with Crippen molar-refractivity contribution in [1.82, 2.24) is 5.32 Å². The Morgan fingerprint density at radius 1 is 1.22 bits per heavy atom. The molecule has 0 bridgehead atoms. The van der Waals surface area contributed by atoms with E-state index in [4.69, 9.17) is 9.47 Å². The molecule has 18 heavy (non-hydrogen) atoms. The molecule has 0 aromatic carbocycles. The maximum absolute atomic E-state index is 5.91. The van der Waals surface area contributed by atoms with Gasteiger partial charge in [-0.2, -0.15) is 0 Å². The largest absolute Gasteiger partial charge is 0.381 e. The Morgan fingerprint density at radius 2 is 1.94 bits per heavy atom. The van der Waals surface area contributed by atoms with Crippen LogP contribution in [0.3, 0.4) is 0 Å². The monoisotopic (exact) mass is 255 g/mol. The molecule has 0 aromatic heterocycles. The van der Waals surface area contributed by atoms with Crippen molar-refractivity contribution < 1.29 is 9.47 Å². The van der Waals surface area contributed by atoms with E-state index in [1.54, 1.807) is 0 Å². The van der Waals surface area contributed by atoms with Gasteiger partial charge in [0.2, 0.25) is 0 Å². The molecule has 0 aliphatic carbocycles. The van der Waals surface area contributed by atoms with E-state index in [9.17, 15) is 0 Å². The fraction of sp³-hybridized carbons (Fsp3) is 1.00. The smallest absolute Gasteiger partial charge is 0.0666 e. The summed E-state index contributed by atoms with van der Waals surface area (Å²) in [5.74, 6) is 0.787. The molecule has 2 saturated heterocycles. The van der Waals surface area contributed by atoms with Crippen LogP contribution in [0.2, 0.25) is 0 Å². The second-order valence-corrected chi connectivity index (χ2v) is 6.25. The molecule has 2 rings (SSSR count). The third-order valence-electron chi connectivity index (χ3n) is 4.81. The van der Waals surface area contributed by atoms with Crippen LogP contribution in [0.25, 0.3) is 0 Å². The van der Waals surface area contributed by atoms with Crippen molar-refractivity contribution in [3.63, 3.8) is 0 Å². The summed E-state index contributed by atoms with van der Waals surface area (Å²) >= 11 is 0. The van der Waals surface area contributed by atoms with Crippen LogP contribution >= 0.6 is 0 Å². The lowest BCUT2D eigenvalue weighted by atomic mass is 9.87. The Hall–Kier alpha value is -0.120. The van der Waals surface area contributed by atoms with Gasteiger partial charge in [-0.1, -0.05) is 6.92 Å². The predicted octanol–water partition coefficient (Wildman–Crippen LogP) is 2.74. The topological polar surface area (TPSA) is 30.5 Å². The maximum atomic E-state index is 5.91. The van der Waals surface area contributed by atoms with Crippen molar-refractivity contribution in [2.45, 2.75) is 70.6 Å². The number of ether oxygens (including phenoxy) is 2. The van der Waals surface area contributed by atoms with Gasteiger partial charge < -0.3 is 14.8 Å². The van der Waals surface area contributed by atoms with Crippen molar-refractivity contribution in [2.24, 2.45) is 5.92 Å². The van der Waals surface area contributed by atoms with Gasteiger partial charge in [-0.3, -0.25) is 0 Å². The lowest BCUT2D eigenvalue weighted by Gasteiger charge is -2.40. The van der Waals surface area contributed by atoms with Gasteiger partial charge in [0.05, 0.1) is 5.60 Å². The third kappa shape index (κ3) is 3.69. The van der Waals surface area contributed by atoms with E-state index in [0.29, 0.717) is 12.1 Å². The van der Waals surface area contributed by atoms with E-state index >= 15 is 0 Å². The molecule has 106 valence electrons. The van der Waals surface area contributed by atoms with Crippen LogP contribution in [0.4, 0.5) is 0 Å². The Labute approximate surface area is 112 Å². The fourth-order valence-corrected chi connectivity index (χ4v) is 3.24. The molecule has 3 nitrogen and oxygen atoms in total. The summed E-state index contributed by atoms with van der Waals surface area (Å²) in [6, 6.07) is 1.24. The van der Waals surface area contributed by atoms with Crippen molar-refractivity contribution >= 4 is 0 Å². The molecule has 2 heterocycles. The second kappa shape index (κ2) is 6.36. The molecule has 3 unspecified atom stereocenters. The summed E-state index contributed by atoms with van der Waals surface area (Å²) in [5.41, 5.74) is 0.0886. The molecule has 3 heteroatoms. The summed E-state index contributed by atoms with van der Waals surface area (Å²) in [6.07, 6.45) is 5.84. The van der Waals surface area contributed by atoms with Gasteiger partial charge in [-0.25, -0.2) is 0 Å². The first-order valence-corrected chi connectivity index (χ1v) is 7.61. The molecule has 2 aliphatic rings. The average Bonchev–Trinajstić information content (AvgIpc) is 2.40. The van der Waals surface area contributed by atoms with Gasteiger partial charge in [-0.15, -0.1) is 0 Å². The molecule has 0 spiro atoms. The summed E-state index contributed by atoms with van der Waals surface area (Å²) in [6.45, 7) is 9.61. The highest BCUT2D eigenvalue weighted by molar-refractivity contribution is 4.88. The molecular formula is C15H29NO2. The molecule has 0 saturated carbocycles. The molecule has 2 fully saturated rings. The molecule has 1 N–H and O–H groups in total. The Kier molecular flexibility index (Phi) is 5.05. The van der Waals surface area contributed by atoms with Crippen molar-refractivity contribution in [2.75, 3.05) is 19.8 Å².